The minimum absolute atomic E-state index is 0.227. The highest BCUT2D eigenvalue weighted by Crippen LogP contribution is 2.38. The fraction of sp³-hybridized carbons (Fsp3) is 0.417. The first-order valence-electron chi connectivity index (χ1n) is 5.33. The summed E-state index contributed by atoms with van der Waals surface area (Å²) in [5, 5.41) is 0.604. The van der Waals surface area contributed by atoms with Gasteiger partial charge in [-0.3, -0.25) is 0 Å². The molecule has 5 heteroatoms. The van der Waals surface area contributed by atoms with E-state index >= 15 is 0 Å². The Morgan fingerprint density at radius 3 is 2.24 bits per heavy atom. The Kier molecular flexibility index (Phi) is 4.14. The van der Waals surface area contributed by atoms with Gasteiger partial charge in [-0.1, -0.05) is 13.8 Å². The molecule has 0 N–H and O–H groups in total. The molecule has 0 atom stereocenters. The van der Waals surface area contributed by atoms with Crippen LogP contribution in [-0.4, -0.2) is 4.37 Å². The van der Waals surface area contributed by atoms with E-state index < -0.39 is 11.7 Å². The number of rotatable bonds is 0. The number of fused-ring (bicyclic) bond motifs is 1. The molecule has 0 amide bonds. The molecule has 0 radical (unpaired) electrons. The number of halogens is 3. The summed E-state index contributed by atoms with van der Waals surface area (Å²) >= 11 is 0.906. The molecule has 17 heavy (non-hydrogen) atoms. The van der Waals surface area contributed by atoms with Gasteiger partial charge in [-0.15, -0.1) is 0 Å². The smallest absolute Gasteiger partial charge is 0.197 e. The van der Waals surface area contributed by atoms with Crippen molar-refractivity contribution in [1.29, 1.82) is 0 Å². The van der Waals surface area contributed by atoms with E-state index in [-0.39, 0.29) is 4.70 Å². The van der Waals surface area contributed by atoms with Crippen LogP contribution in [0.5, 0.6) is 0 Å². The Morgan fingerprint density at radius 2 is 1.71 bits per heavy atom. The van der Waals surface area contributed by atoms with Crippen LogP contribution in [0.2, 0.25) is 0 Å². The van der Waals surface area contributed by atoms with Crippen LogP contribution in [0, 0.1) is 13.8 Å². The molecule has 0 fully saturated rings. The highest BCUT2D eigenvalue weighted by atomic mass is 32.1. The molecule has 0 aliphatic rings. The van der Waals surface area contributed by atoms with Gasteiger partial charge in [-0.05, 0) is 43.1 Å². The van der Waals surface area contributed by atoms with Crippen molar-refractivity contribution >= 4 is 21.6 Å². The standard InChI is InChI=1S/C10H8F3NS.C2H6/c1-5-3-7-6(2)14-15-9(7)8(4-5)10(11,12)13;1-2/h3-4H,1-2H3;1-2H3. The molecule has 0 bridgehead atoms. The average Bonchev–Trinajstić information content (AvgIpc) is 2.61. The van der Waals surface area contributed by atoms with Crippen LogP contribution < -0.4 is 0 Å². The summed E-state index contributed by atoms with van der Waals surface area (Å²) in [5.74, 6) is 0. The van der Waals surface area contributed by atoms with Crippen molar-refractivity contribution in [2.75, 3.05) is 0 Å². The number of nitrogens with zero attached hydrogens (tertiary/aromatic N) is 1. The minimum atomic E-state index is -4.30. The van der Waals surface area contributed by atoms with E-state index in [1.807, 2.05) is 13.8 Å². The zero-order chi connectivity index (χ0) is 13.2. The maximum absolute atomic E-state index is 12.7. The van der Waals surface area contributed by atoms with Crippen molar-refractivity contribution in [2.24, 2.45) is 0 Å². The SMILES string of the molecule is CC.Cc1cc(C(F)(F)F)c2snc(C)c2c1. The molecule has 94 valence electrons. The van der Waals surface area contributed by atoms with Crippen LogP contribution in [-0.2, 0) is 6.18 Å². The summed E-state index contributed by atoms with van der Waals surface area (Å²) in [5.41, 5.74) is 0.686. The van der Waals surface area contributed by atoms with Gasteiger partial charge in [0.05, 0.1) is 16.0 Å². The molecule has 1 heterocycles. The second-order valence-electron chi connectivity index (χ2n) is 3.45. The second-order valence-corrected chi connectivity index (χ2v) is 4.23. The summed E-state index contributed by atoms with van der Waals surface area (Å²) in [6.45, 7) is 7.38. The van der Waals surface area contributed by atoms with Crippen molar-refractivity contribution in [3.05, 3.63) is 29.0 Å². The highest BCUT2D eigenvalue weighted by Gasteiger charge is 2.33. The predicted molar refractivity (Wildman–Crippen MR) is 65.4 cm³/mol. The van der Waals surface area contributed by atoms with Crippen LogP contribution >= 0.6 is 11.5 Å². The van der Waals surface area contributed by atoms with Gasteiger partial charge < -0.3 is 0 Å². The Hall–Kier alpha value is -1.10. The first kappa shape index (κ1) is 14.0. The molecule has 0 aliphatic carbocycles. The molecule has 0 aliphatic heterocycles. The van der Waals surface area contributed by atoms with Gasteiger partial charge >= 0.3 is 6.18 Å². The lowest BCUT2D eigenvalue weighted by molar-refractivity contribution is -0.136. The first-order valence-corrected chi connectivity index (χ1v) is 6.11. The van der Waals surface area contributed by atoms with Crippen LogP contribution in [0.25, 0.3) is 10.1 Å². The third kappa shape index (κ3) is 2.77. The van der Waals surface area contributed by atoms with Crippen LogP contribution in [0.15, 0.2) is 12.1 Å². The summed E-state index contributed by atoms with van der Waals surface area (Å²) in [7, 11) is 0. The van der Waals surface area contributed by atoms with E-state index in [2.05, 4.69) is 4.37 Å². The van der Waals surface area contributed by atoms with Gasteiger partial charge in [-0.2, -0.15) is 17.5 Å². The topological polar surface area (TPSA) is 12.9 Å². The van der Waals surface area contributed by atoms with Crippen LogP contribution in [0.4, 0.5) is 13.2 Å². The Balaban J connectivity index is 0.000000686. The first-order chi connectivity index (χ1) is 7.89. The van der Waals surface area contributed by atoms with Gasteiger partial charge in [0.25, 0.3) is 0 Å². The minimum Gasteiger partial charge on any atom is -0.197 e. The van der Waals surface area contributed by atoms with Crippen molar-refractivity contribution in [2.45, 2.75) is 33.9 Å². The Labute approximate surface area is 102 Å². The predicted octanol–water partition coefficient (Wildman–Crippen LogP) is 4.96. The summed E-state index contributed by atoms with van der Waals surface area (Å²) in [4.78, 5) is 0. The number of aryl methyl sites for hydroxylation is 2. The average molecular weight is 261 g/mol. The molecule has 2 aromatic rings. The summed E-state index contributed by atoms with van der Waals surface area (Å²) < 4.78 is 42.2. The molecule has 2 rings (SSSR count). The molecule has 0 saturated heterocycles. The lowest BCUT2D eigenvalue weighted by Crippen LogP contribution is -2.05. The molecule has 1 nitrogen and oxygen atoms in total. The maximum atomic E-state index is 12.7. The number of hydrogen-bond acceptors (Lipinski definition) is 2. The van der Waals surface area contributed by atoms with Gasteiger partial charge in [0, 0.05) is 5.39 Å². The van der Waals surface area contributed by atoms with Crippen LogP contribution in [0.3, 0.4) is 0 Å². The van der Waals surface area contributed by atoms with E-state index in [0.717, 1.165) is 11.5 Å². The highest BCUT2D eigenvalue weighted by molar-refractivity contribution is 7.13. The fourth-order valence-corrected chi connectivity index (χ4v) is 2.42. The molecular weight excluding hydrogens is 247 g/mol. The normalized spacial score (nSPS) is 11.2. The van der Waals surface area contributed by atoms with Crippen LogP contribution in [0.1, 0.15) is 30.7 Å². The van der Waals surface area contributed by atoms with Crippen molar-refractivity contribution in [3.8, 4) is 0 Å². The summed E-state index contributed by atoms with van der Waals surface area (Å²) in [6.07, 6.45) is -4.30. The van der Waals surface area contributed by atoms with E-state index in [1.165, 1.54) is 6.07 Å². The van der Waals surface area contributed by atoms with E-state index in [9.17, 15) is 13.2 Å². The zero-order valence-electron chi connectivity index (χ0n) is 10.1. The van der Waals surface area contributed by atoms with Gasteiger partial charge in [0.15, 0.2) is 0 Å². The molecule has 1 aromatic carbocycles. The quantitative estimate of drug-likeness (QED) is 0.653. The third-order valence-electron chi connectivity index (χ3n) is 2.20. The van der Waals surface area contributed by atoms with E-state index in [4.69, 9.17) is 0 Å². The number of benzene rings is 1. The second kappa shape index (κ2) is 5.04. The number of alkyl halides is 3. The fourth-order valence-electron chi connectivity index (χ4n) is 1.51. The largest absolute Gasteiger partial charge is 0.417 e. The van der Waals surface area contributed by atoms with Crippen molar-refractivity contribution in [1.82, 2.24) is 4.37 Å². The Morgan fingerprint density at radius 1 is 1.12 bits per heavy atom. The number of aromatic nitrogens is 1. The summed E-state index contributed by atoms with van der Waals surface area (Å²) in [6, 6.07) is 2.91. The molecule has 1 aromatic heterocycles. The van der Waals surface area contributed by atoms with Gasteiger partial charge in [-0.25, -0.2) is 0 Å². The monoisotopic (exact) mass is 261 g/mol. The van der Waals surface area contributed by atoms with Gasteiger partial charge in [0.2, 0.25) is 0 Å². The Bertz CT molecular complexity index is 514. The number of hydrogen-bond donors (Lipinski definition) is 0. The van der Waals surface area contributed by atoms with E-state index in [0.29, 0.717) is 16.6 Å². The molecule has 0 saturated carbocycles. The third-order valence-corrected chi connectivity index (χ3v) is 3.19. The van der Waals surface area contributed by atoms with Gasteiger partial charge in [0.1, 0.15) is 0 Å². The molecule has 0 spiro atoms. The molecule has 0 unspecified atom stereocenters. The van der Waals surface area contributed by atoms with E-state index in [1.54, 1.807) is 19.9 Å². The maximum Gasteiger partial charge on any atom is 0.417 e. The molecular formula is C12H14F3NS. The van der Waals surface area contributed by atoms with Crippen molar-refractivity contribution < 1.29 is 13.2 Å². The van der Waals surface area contributed by atoms with Crippen molar-refractivity contribution in [3.63, 3.8) is 0 Å². The zero-order valence-corrected chi connectivity index (χ0v) is 11.0. The lowest BCUT2D eigenvalue weighted by Gasteiger charge is -2.08. The lowest BCUT2D eigenvalue weighted by atomic mass is 10.1.